The highest BCUT2D eigenvalue weighted by Gasteiger charge is 2.12. The van der Waals surface area contributed by atoms with Gasteiger partial charge < -0.3 is 47.8 Å². The summed E-state index contributed by atoms with van der Waals surface area (Å²) in [6.45, 7) is 3.29. The molecule has 0 aromatic heterocycles. The molecule has 3 aromatic carbocycles. The number of carbonyl (C=O) groups excluding carboxylic acids is 3. The van der Waals surface area contributed by atoms with Crippen LogP contribution in [0.2, 0.25) is 0 Å². The Hall–Kier alpha value is -4.65. The van der Waals surface area contributed by atoms with E-state index in [-0.39, 0.29) is 28.2 Å². The SMILES string of the molecule is [2H]C([2H])(c1ccc(O)c(O)c1)[C@]([2H])(N)C(C)=O.[2H][C@@H](c1ccc(O)c(O)c1)[C@]([2H])(N)C(C)=O.[2H][C@H](c1ccc(O)c(O)c1)[C@]([2H])(N)C(C)=O. The second-order valence-corrected chi connectivity index (χ2v) is 8.61. The first kappa shape index (κ1) is 25.1. The monoisotopic (exact) mass is 592 g/mol. The van der Waals surface area contributed by atoms with Crippen molar-refractivity contribution in [3.63, 3.8) is 0 Å². The Morgan fingerprint density at radius 3 is 1.14 bits per heavy atom. The van der Waals surface area contributed by atoms with Gasteiger partial charge in [-0.05, 0) is 93.0 Å². The van der Waals surface area contributed by atoms with E-state index in [1.165, 1.54) is 24.3 Å². The number of nitrogens with two attached hydrogens (primary N) is 3. The lowest BCUT2D eigenvalue weighted by molar-refractivity contribution is -0.119. The topological polar surface area (TPSA) is 251 Å². The molecular formula is C30H39N3O9. The molecule has 0 radical (unpaired) electrons. The van der Waals surface area contributed by atoms with Crippen LogP contribution in [0.15, 0.2) is 54.6 Å². The third-order valence-electron chi connectivity index (χ3n) is 5.09. The summed E-state index contributed by atoms with van der Waals surface area (Å²) < 4.78 is 53.4. The van der Waals surface area contributed by atoms with Gasteiger partial charge in [0.25, 0.3) is 0 Å². The van der Waals surface area contributed by atoms with Gasteiger partial charge in [0.15, 0.2) is 34.5 Å². The zero-order chi connectivity index (χ0) is 38.4. The summed E-state index contributed by atoms with van der Waals surface area (Å²) in [5.41, 5.74) is 16.4. The number of Topliss-reactive ketones (excluding diaryl/α,β-unsaturated/α-hetero) is 3. The van der Waals surface area contributed by atoms with Crippen molar-refractivity contribution in [2.24, 2.45) is 17.2 Å². The maximum Gasteiger partial charge on any atom is 0.157 e. The fraction of sp³-hybridized carbons (Fsp3) is 0.300. The largest absolute Gasteiger partial charge is 0.504 e. The molecule has 0 saturated carbocycles. The minimum Gasteiger partial charge on any atom is -0.504 e. The molecule has 0 aliphatic rings. The summed E-state index contributed by atoms with van der Waals surface area (Å²) in [5, 5.41) is 55.0. The number of hydrogen-bond donors (Lipinski definition) is 9. The molecule has 3 aromatic rings. The third kappa shape index (κ3) is 12.3. The van der Waals surface area contributed by atoms with E-state index in [0.29, 0.717) is 0 Å². The first-order valence-corrected chi connectivity index (χ1v) is 11.9. The molecule has 0 aliphatic carbocycles. The normalized spacial score (nSPS) is 19.0. The standard InChI is InChI=1S/3C10H13NO3/c3*1-6(12)8(11)4-7-2-3-9(13)10(14)5-7/h3*2-3,5,8,13-14H,4,11H2,1H3/t3*8-/m000/s1/i4D2,8D;2*4D,8D/tm;4-,8+;4-,8-/m010. The summed E-state index contributed by atoms with van der Waals surface area (Å²) >= 11 is 0. The Kier molecular flexibility index (Phi) is 9.90. The smallest absolute Gasteiger partial charge is 0.157 e. The van der Waals surface area contributed by atoms with Gasteiger partial charge in [-0.25, -0.2) is 0 Å². The van der Waals surface area contributed by atoms with Gasteiger partial charge in [-0.3, -0.25) is 14.4 Å². The van der Waals surface area contributed by atoms with Gasteiger partial charge in [-0.15, -0.1) is 0 Å². The molecule has 0 heterocycles. The summed E-state index contributed by atoms with van der Waals surface area (Å²) in [4.78, 5) is 33.3. The minimum absolute atomic E-state index is 0.152. The maximum absolute atomic E-state index is 11.2. The molecule has 0 fully saturated rings. The average molecular weight is 593 g/mol. The van der Waals surface area contributed by atoms with Crippen molar-refractivity contribution in [2.45, 2.75) is 58.0 Å². The Morgan fingerprint density at radius 1 is 0.571 bits per heavy atom. The Bertz CT molecular complexity index is 1610. The number of carbonyl (C=O) groups is 3. The van der Waals surface area contributed by atoms with Crippen molar-refractivity contribution in [3.05, 3.63) is 71.3 Å². The minimum atomic E-state index is -2.48. The second-order valence-electron chi connectivity index (χ2n) is 8.61. The molecule has 0 saturated heterocycles. The van der Waals surface area contributed by atoms with Crippen LogP contribution in [0.1, 0.15) is 47.1 Å². The highest BCUT2D eigenvalue weighted by Crippen LogP contribution is 2.27. The molecule has 0 amide bonds. The van der Waals surface area contributed by atoms with Crippen molar-refractivity contribution in [2.75, 3.05) is 0 Å². The van der Waals surface area contributed by atoms with Crippen LogP contribution in [0, 0.1) is 0 Å². The van der Waals surface area contributed by atoms with Crippen molar-refractivity contribution < 1.29 is 54.6 Å². The predicted octanol–water partition coefficient (Wildman–Crippen LogP) is 1.67. The lowest BCUT2D eigenvalue weighted by Crippen LogP contribution is -2.30. The van der Waals surface area contributed by atoms with Gasteiger partial charge in [0, 0.05) is 5.48 Å². The fourth-order valence-electron chi connectivity index (χ4n) is 2.67. The summed E-state index contributed by atoms with van der Waals surface area (Å²) in [5.74, 6) is -4.54. The molecule has 3 rings (SSSR count). The quantitative estimate of drug-likeness (QED) is 0.161. The Balaban J connectivity index is 0.000000368. The van der Waals surface area contributed by atoms with Crippen LogP contribution < -0.4 is 17.2 Å². The third-order valence-corrected chi connectivity index (χ3v) is 5.09. The zero-order valence-corrected chi connectivity index (χ0v) is 23.0. The van der Waals surface area contributed by atoms with Crippen molar-refractivity contribution in [3.8, 4) is 34.5 Å². The summed E-state index contributed by atoms with van der Waals surface area (Å²) in [6, 6.07) is 3.85. The molecule has 228 valence electrons. The zero-order valence-electron chi connectivity index (χ0n) is 30.0. The molecule has 0 unspecified atom stereocenters. The molecule has 42 heavy (non-hydrogen) atoms. The van der Waals surface area contributed by atoms with Crippen molar-refractivity contribution in [1.29, 1.82) is 0 Å². The Labute approximate surface area is 253 Å². The van der Waals surface area contributed by atoms with Crippen LogP contribution in [0.3, 0.4) is 0 Å². The lowest BCUT2D eigenvalue weighted by atomic mass is 10.0. The van der Waals surface area contributed by atoms with Crippen molar-refractivity contribution >= 4 is 17.3 Å². The molecule has 0 bridgehead atoms. The second kappa shape index (κ2) is 16.6. The Morgan fingerprint density at radius 2 is 0.857 bits per heavy atom. The van der Waals surface area contributed by atoms with Gasteiger partial charge in [0.2, 0.25) is 0 Å². The molecule has 12 heteroatoms. The highest BCUT2D eigenvalue weighted by atomic mass is 16.3. The number of aromatic hydroxyl groups is 6. The lowest BCUT2D eigenvalue weighted by Gasteiger charge is -2.08. The first-order valence-electron chi connectivity index (χ1n) is 15.6. The van der Waals surface area contributed by atoms with E-state index in [4.69, 9.17) is 42.1 Å². The number of rotatable bonds is 9. The number of hydrogen-bond acceptors (Lipinski definition) is 12. The maximum atomic E-state index is 11.2. The van der Waals surface area contributed by atoms with Gasteiger partial charge >= 0.3 is 0 Å². The van der Waals surface area contributed by atoms with Crippen LogP contribution >= 0.6 is 0 Å². The van der Waals surface area contributed by atoms with E-state index in [1.807, 2.05) is 0 Å². The molecule has 12 N–H and O–H groups in total. The summed E-state index contributed by atoms with van der Waals surface area (Å²) in [7, 11) is 0. The van der Waals surface area contributed by atoms with E-state index in [2.05, 4.69) is 0 Å². The van der Waals surface area contributed by atoms with E-state index < -0.39 is 77.6 Å². The number of benzene rings is 3. The van der Waals surface area contributed by atoms with Crippen LogP contribution in [0.5, 0.6) is 34.5 Å². The number of phenols is 6. The van der Waals surface area contributed by atoms with Gasteiger partial charge in [0.1, 0.15) is 17.3 Å². The van der Waals surface area contributed by atoms with Crippen LogP contribution in [0.25, 0.3) is 0 Å². The van der Waals surface area contributed by atoms with E-state index in [9.17, 15) is 29.7 Å². The van der Waals surface area contributed by atoms with Crippen molar-refractivity contribution in [1.82, 2.24) is 0 Å². The number of phenolic OH excluding ortho intramolecular Hbond substituents is 6. The number of ketones is 3. The molecule has 0 spiro atoms. The van der Waals surface area contributed by atoms with E-state index in [1.54, 1.807) is 0 Å². The molecule has 12 nitrogen and oxygen atoms in total. The van der Waals surface area contributed by atoms with Crippen LogP contribution in [0.4, 0.5) is 0 Å². The van der Waals surface area contributed by atoms with Gasteiger partial charge in [0.05, 0.1) is 22.2 Å². The fourth-order valence-corrected chi connectivity index (χ4v) is 2.67. The highest BCUT2D eigenvalue weighted by molar-refractivity contribution is 5.82. The molecular weight excluding hydrogens is 546 g/mol. The molecule has 0 aliphatic heterocycles. The average Bonchev–Trinajstić information content (AvgIpc) is 3.00. The van der Waals surface area contributed by atoms with Gasteiger partial charge in [-0.1, -0.05) is 18.2 Å². The van der Waals surface area contributed by atoms with E-state index in [0.717, 1.165) is 51.1 Å². The van der Waals surface area contributed by atoms with Gasteiger partial charge in [-0.2, -0.15) is 0 Å². The van der Waals surface area contributed by atoms with Crippen LogP contribution in [-0.4, -0.2) is 66.0 Å². The first-order chi connectivity index (χ1) is 22.1. The van der Waals surface area contributed by atoms with E-state index >= 15 is 0 Å². The van der Waals surface area contributed by atoms with Crippen LogP contribution in [-0.2, 0) is 33.6 Å². The predicted molar refractivity (Wildman–Crippen MR) is 156 cm³/mol. The molecule has 5 atom stereocenters. The summed E-state index contributed by atoms with van der Waals surface area (Å²) in [6.07, 6.45) is -5.13.